The summed E-state index contributed by atoms with van der Waals surface area (Å²) in [7, 11) is 4.31. The standard InChI is InChI=1S/C21H28N2.C9H12N2.C8H8ClN3.CH4/c1-23-14-11-21(12-15-23,18-7-3-2-4-8-18)10-13-22-20-9-5-6-17-16-19(17)20;1-7-10-8-5-3-4-6-9(8)11(7)2;1-2-6-5-12-8(10-6)4-3-7(9)11-12;/h2-4,7-8,16-17H,5-6,9-15H2,1H3;5-6H,3-4H2,1-2H3;2,5H,1,3-4H2;1H4. The smallest absolute Gasteiger partial charge is 0.131 e. The molecule has 0 amide bonds. The highest BCUT2D eigenvalue weighted by molar-refractivity contribution is 6.65. The van der Waals surface area contributed by atoms with Crippen LogP contribution in [0.15, 0.2) is 64.9 Å². The second-order valence-electron chi connectivity index (χ2n) is 13.2. The minimum absolute atomic E-state index is 0. The summed E-state index contributed by atoms with van der Waals surface area (Å²) in [6.45, 7) is 9.09. The molecule has 2 aromatic heterocycles. The van der Waals surface area contributed by atoms with E-state index in [0.717, 1.165) is 60.8 Å². The van der Waals surface area contributed by atoms with E-state index < -0.39 is 0 Å². The van der Waals surface area contributed by atoms with Gasteiger partial charge in [0.05, 0.1) is 22.6 Å². The Morgan fingerprint density at radius 1 is 1.04 bits per heavy atom. The van der Waals surface area contributed by atoms with E-state index in [0.29, 0.717) is 10.6 Å². The van der Waals surface area contributed by atoms with Gasteiger partial charge in [-0.3, -0.25) is 4.99 Å². The molecule has 8 rings (SSSR count). The number of imidazole rings is 2. The maximum Gasteiger partial charge on any atom is 0.131 e. The minimum atomic E-state index is 0. The fourth-order valence-electron chi connectivity index (χ4n) is 7.10. The van der Waals surface area contributed by atoms with Gasteiger partial charge in [-0.2, -0.15) is 5.10 Å². The summed E-state index contributed by atoms with van der Waals surface area (Å²) in [5.74, 6) is 2.85. The molecule has 0 spiro atoms. The number of likely N-dealkylation sites (tertiary alicyclic amines) is 1. The Balaban J connectivity index is 0.000000152. The van der Waals surface area contributed by atoms with Gasteiger partial charge in [0, 0.05) is 38.1 Å². The highest BCUT2D eigenvalue weighted by Crippen LogP contribution is 2.41. The van der Waals surface area contributed by atoms with Crippen molar-refractivity contribution in [1.29, 1.82) is 0 Å². The van der Waals surface area contributed by atoms with Crippen LogP contribution in [0.4, 0.5) is 0 Å². The first kappa shape index (κ1) is 34.8. The van der Waals surface area contributed by atoms with Crippen molar-refractivity contribution in [2.24, 2.45) is 23.1 Å². The first-order valence-electron chi connectivity index (χ1n) is 17.0. The maximum absolute atomic E-state index is 5.77. The van der Waals surface area contributed by atoms with Gasteiger partial charge in [0.2, 0.25) is 0 Å². The van der Waals surface area contributed by atoms with Crippen molar-refractivity contribution in [3.8, 4) is 0 Å². The van der Waals surface area contributed by atoms with Crippen molar-refractivity contribution in [3.63, 3.8) is 0 Å². The summed E-state index contributed by atoms with van der Waals surface area (Å²) in [5.41, 5.74) is 5.72. The van der Waals surface area contributed by atoms with Crippen LogP contribution in [0.5, 0.6) is 0 Å². The predicted octanol–water partition coefficient (Wildman–Crippen LogP) is 6.81. The lowest BCUT2D eigenvalue weighted by atomic mass is 9.70. The molecule has 1 saturated carbocycles. The number of rotatable bonds is 5. The van der Waals surface area contributed by atoms with Gasteiger partial charge in [0.1, 0.15) is 16.8 Å². The average molecular weight is 654 g/mol. The van der Waals surface area contributed by atoms with Gasteiger partial charge in [-0.25, -0.2) is 14.6 Å². The third-order valence-corrected chi connectivity index (χ3v) is 10.4. The third kappa shape index (κ3) is 8.31. The van der Waals surface area contributed by atoms with Crippen molar-refractivity contribution in [3.05, 3.63) is 88.4 Å². The Kier molecular flexibility index (Phi) is 11.5. The van der Waals surface area contributed by atoms with Gasteiger partial charge < -0.3 is 9.47 Å². The molecule has 47 heavy (non-hydrogen) atoms. The fraction of sp³-hybridized carbons (Fsp3) is 0.487. The number of nitrogens with zero attached hydrogens (tertiary/aromatic N) is 7. The monoisotopic (exact) mass is 653 g/mol. The van der Waals surface area contributed by atoms with Crippen LogP contribution in [0, 0.1) is 12.8 Å². The van der Waals surface area contributed by atoms with Gasteiger partial charge in [-0.05, 0) is 101 Å². The van der Waals surface area contributed by atoms with Crippen LogP contribution in [0.25, 0.3) is 18.2 Å². The number of halogens is 1. The summed E-state index contributed by atoms with van der Waals surface area (Å²) in [6, 6.07) is 11.2. The van der Waals surface area contributed by atoms with E-state index in [4.69, 9.17) is 16.6 Å². The van der Waals surface area contributed by atoms with Gasteiger partial charge in [-0.15, -0.1) is 0 Å². The molecule has 250 valence electrons. The first-order valence-corrected chi connectivity index (χ1v) is 17.4. The number of piperidine rings is 1. The minimum Gasteiger partial charge on any atom is -0.332 e. The number of fused-ring (bicyclic) bond motifs is 3. The molecule has 1 unspecified atom stereocenters. The molecule has 0 bridgehead atoms. The van der Waals surface area contributed by atoms with E-state index in [1.165, 1.54) is 68.2 Å². The van der Waals surface area contributed by atoms with Crippen LogP contribution in [-0.2, 0) is 18.9 Å². The Morgan fingerprint density at radius 2 is 1.81 bits per heavy atom. The highest BCUT2D eigenvalue weighted by Gasteiger charge is 2.36. The lowest BCUT2D eigenvalue weighted by Crippen LogP contribution is -2.41. The van der Waals surface area contributed by atoms with Crippen LogP contribution < -0.4 is 10.7 Å². The average Bonchev–Trinajstić information content (AvgIpc) is 3.69. The zero-order valence-electron chi connectivity index (χ0n) is 27.8. The van der Waals surface area contributed by atoms with E-state index in [2.05, 4.69) is 93.8 Å². The molecule has 1 saturated heterocycles. The summed E-state index contributed by atoms with van der Waals surface area (Å²) >= 11 is 5.77. The maximum atomic E-state index is 5.77. The predicted molar refractivity (Wildman–Crippen MR) is 199 cm³/mol. The van der Waals surface area contributed by atoms with Gasteiger partial charge in [0.25, 0.3) is 0 Å². The Morgan fingerprint density at radius 3 is 2.55 bits per heavy atom. The molecule has 8 heteroatoms. The molecule has 2 aliphatic heterocycles. The second kappa shape index (κ2) is 15.6. The Labute approximate surface area is 286 Å². The number of hydrogen-bond donors (Lipinski definition) is 0. The molecule has 5 aliphatic rings. The van der Waals surface area contributed by atoms with Gasteiger partial charge in [-0.1, -0.05) is 74.2 Å². The van der Waals surface area contributed by atoms with Crippen LogP contribution in [0.2, 0.25) is 0 Å². The number of aliphatic imine (C=N–C) groups is 1. The first-order chi connectivity index (χ1) is 22.3. The highest BCUT2D eigenvalue weighted by atomic mass is 35.5. The molecule has 1 atom stereocenters. The zero-order chi connectivity index (χ0) is 32.1. The van der Waals surface area contributed by atoms with Crippen molar-refractivity contribution < 1.29 is 0 Å². The molecule has 7 nitrogen and oxygen atoms in total. The van der Waals surface area contributed by atoms with Gasteiger partial charge >= 0.3 is 0 Å². The number of allylic oxidation sites excluding steroid dienone is 2. The van der Waals surface area contributed by atoms with Gasteiger partial charge in [0.15, 0.2) is 0 Å². The molecule has 0 N–H and O–H groups in total. The summed E-state index contributed by atoms with van der Waals surface area (Å²) in [5, 5.41) is 7.19. The second-order valence-corrected chi connectivity index (χ2v) is 13.7. The Hall–Kier alpha value is -3.55. The van der Waals surface area contributed by atoms with Crippen LogP contribution in [0.3, 0.4) is 0 Å². The molecular weight excluding hydrogens is 602 g/mol. The van der Waals surface area contributed by atoms with E-state index in [-0.39, 0.29) is 7.43 Å². The zero-order valence-corrected chi connectivity index (χ0v) is 28.5. The molecule has 3 aromatic rings. The van der Waals surface area contributed by atoms with Crippen LogP contribution in [0.1, 0.15) is 88.1 Å². The molecule has 4 heterocycles. The van der Waals surface area contributed by atoms with Crippen molar-refractivity contribution in [1.82, 2.24) is 24.1 Å². The quantitative estimate of drug-likeness (QED) is 0.304. The summed E-state index contributed by atoms with van der Waals surface area (Å²) < 4.78 is 3.86. The van der Waals surface area contributed by atoms with E-state index in [1.807, 2.05) is 13.1 Å². The van der Waals surface area contributed by atoms with Crippen molar-refractivity contribution in [2.45, 2.75) is 84.0 Å². The van der Waals surface area contributed by atoms with Crippen molar-refractivity contribution in [2.75, 3.05) is 26.7 Å². The topological polar surface area (TPSA) is 63.6 Å². The summed E-state index contributed by atoms with van der Waals surface area (Å²) in [4.78, 5) is 16.2. The van der Waals surface area contributed by atoms with Crippen molar-refractivity contribution >= 4 is 40.7 Å². The molecule has 3 aliphatic carbocycles. The van der Waals surface area contributed by atoms with E-state index in [9.17, 15) is 0 Å². The molecule has 2 fully saturated rings. The third-order valence-electron chi connectivity index (χ3n) is 10.1. The SMILES string of the molecule is C.C=Cc1cn2c(n1)CCC(Cl)=N2.CN1CCC(CCN=C2CCCC3C=C23)(c2ccccc2)CC1.Cc1nc2c(n1C)=CCCC=2. The number of benzene rings is 1. The number of aryl methyl sites for hydroxylation is 2. The molecular formula is C39H52ClN7. The van der Waals surface area contributed by atoms with Crippen LogP contribution in [-0.4, -0.2) is 61.7 Å². The Bertz CT molecular complexity index is 1750. The van der Waals surface area contributed by atoms with Crippen LogP contribution >= 0.6 is 11.6 Å². The van der Waals surface area contributed by atoms with E-state index in [1.54, 1.807) is 16.3 Å². The lowest BCUT2D eigenvalue weighted by Gasteiger charge is -2.41. The normalized spacial score (nSPS) is 21.3. The lowest BCUT2D eigenvalue weighted by molar-refractivity contribution is 0.180. The fourth-order valence-corrected chi connectivity index (χ4v) is 7.27. The summed E-state index contributed by atoms with van der Waals surface area (Å²) in [6.07, 6.45) is 22.0. The number of aromatic nitrogens is 4. The molecule has 1 aromatic carbocycles. The van der Waals surface area contributed by atoms with E-state index >= 15 is 0 Å². The largest absolute Gasteiger partial charge is 0.332 e. The number of hydrogen-bond acceptors (Lipinski definition) is 5. The molecule has 0 radical (unpaired) electrons.